The molecular formula is C24H25N3O2S. The van der Waals surface area contributed by atoms with E-state index < -0.39 is 5.97 Å². The molecule has 154 valence electrons. The van der Waals surface area contributed by atoms with E-state index in [1.165, 1.54) is 6.20 Å². The number of hydrogen-bond acceptors (Lipinski definition) is 4. The Morgan fingerprint density at radius 3 is 2.80 bits per heavy atom. The van der Waals surface area contributed by atoms with Crippen molar-refractivity contribution >= 4 is 23.3 Å². The fourth-order valence-electron chi connectivity index (χ4n) is 3.43. The maximum absolute atomic E-state index is 11.9. The quantitative estimate of drug-likeness (QED) is 0.508. The van der Waals surface area contributed by atoms with Crippen molar-refractivity contribution in [2.24, 2.45) is 5.73 Å². The Morgan fingerprint density at radius 2 is 2.17 bits per heavy atom. The number of carbonyl (C=O) groups is 1. The average molecular weight is 420 g/mol. The number of carboxylic acids is 1. The average Bonchev–Trinajstić information content (AvgIpc) is 3.20. The highest BCUT2D eigenvalue weighted by atomic mass is 32.2. The van der Waals surface area contributed by atoms with Crippen molar-refractivity contribution in [3.05, 3.63) is 95.4 Å². The van der Waals surface area contributed by atoms with Gasteiger partial charge in [0.05, 0.1) is 17.0 Å². The molecule has 1 aromatic heterocycles. The van der Waals surface area contributed by atoms with Crippen LogP contribution in [0.25, 0.3) is 17.0 Å². The highest BCUT2D eigenvalue weighted by Crippen LogP contribution is 2.38. The lowest BCUT2D eigenvalue weighted by molar-refractivity contribution is -0.132. The number of allylic oxidation sites excluding steroid dienone is 6. The molecule has 6 heteroatoms. The molecule has 1 aromatic carbocycles. The molecule has 4 N–H and O–H groups in total. The SMILES string of the molecule is C=C/C=C(\C=C/N)c1nc(-c2ccccc2)[nH]c1C1C=CC(SCC)=C(C(=O)O)C1. The molecule has 0 spiro atoms. The van der Waals surface area contributed by atoms with Crippen LogP contribution < -0.4 is 5.73 Å². The highest BCUT2D eigenvalue weighted by Gasteiger charge is 2.27. The molecule has 30 heavy (non-hydrogen) atoms. The number of carboxylic acid groups (broad SMARTS) is 1. The maximum Gasteiger partial charge on any atom is 0.332 e. The third-order valence-corrected chi connectivity index (χ3v) is 5.74. The molecule has 0 saturated carbocycles. The summed E-state index contributed by atoms with van der Waals surface area (Å²) in [5.74, 6) is 0.524. The van der Waals surface area contributed by atoms with Crippen molar-refractivity contribution < 1.29 is 9.90 Å². The minimum Gasteiger partial charge on any atom is -0.478 e. The minimum absolute atomic E-state index is 0.142. The number of nitrogens with one attached hydrogen (secondary N) is 1. The molecule has 1 atom stereocenters. The van der Waals surface area contributed by atoms with E-state index in [0.29, 0.717) is 12.0 Å². The molecule has 0 fully saturated rings. The first-order chi connectivity index (χ1) is 14.6. The number of benzene rings is 1. The molecule has 0 saturated heterocycles. The van der Waals surface area contributed by atoms with Crippen LogP contribution in [-0.2, 0) is 4.79 Å². The molecule has 5 nitrogen and oxygen atoms in total. The van der Waals surface area contributed by atoms with E-state index in [-0.39, 0.29) is 5.92 Å². The van der Waals surface area contributed by atoms with Crippen LogP contribution in [0.4, 0.5) is 0 Å². The molecule has 3 rings (SSSR count). The van der Waals surface area contributed by atoms with Gasteiger partial charge in [0.1, 0.15) is 5.82 Å². The molecule has 1 heterocycles. The largest absolute Gasteiger partial charge is 0.478 e. The maximum atomic E-state index is 11.9. The van der Waals surface area contributed by atoms with Gasteiger partial charge in [-0.2, -0.15) is 0 Å². The standard InChI is InChI=1S/C24H25N3O2S/c1-3-8-16(13-14-25)21-22(27-23(26-21)17-9-6-5-7-10-17)18-11-12-20(30-4-2)19(15-18)24(28)29/h3,5-14,18H,1,4,15,25H2,2H3,(H,26,27)(H,28,29)/b14-13-,16-8+. The molecule has 0 radical (unpaired) electrons. The summed E-state index contributed by atoms with van der Waals surface area (Å²) in [6.45, 7) is 5.81. The van der Waals surface area contributed by atoms with E-state index in [0.717, 1.165) is 39.0 Å². The van der Waals surface area contributed by atoms with E-state index in [1.807, 2.05) is 55.5 Å². The first kappa shape index (κ1) is 21.5. The van der Waals surface area contributed by atoms with Crippen molar-refractivity contribution in [1.29, 1.82) is 0 Å². The van der Waals surface area contributed by atoms with Crippen LogP contribution in [0.15, 0.2) is 84.0 Å². The van der Waals surface area contributed by atoms with Crippen LogP contribution in [0.1, 0.15) is 30.7 Å². The van der Waals surface area contributed by atoms with Crippen LogP contribution >= 0.6 is 11.8 Å². The zero-order chi connectivity index (χ0) is 21.5. The van der Waals surface area contributed by atoms with Gasteiger partial charge in [-0.3, -0.25) is 0 Å². The summed E-state index contributed by atoms with van der Waals surface area (Å²) < 4.78 is 0. The molecule has 0 aliphatic heterocycles. The second-order valence-corrected chi connectivity index (χ2v) is 7.99. The topological polar surface area (TPSA) is 92.0 Å². The van der Waals surface area contributed by atoms with Crippen molar-refractivity contribution in [1.82, 2.24) is 9.97 Å². The monoisotopic (exact) mass is 419 g/mol. The third kappa shape index (κ3) is 4.66. The lowest BCUT2D eigenvalue weighted by Crippen LogP contribution is -2.12. The predicted molar refractivity (Wildman–Crippen MR) is 125 cm³/mol. The molecule has 0 amide bonds. The number of aromatic amines is 1. The van der Waals surface area contributed by atoms with Gasteiger partial charge in [-0.15, -0.1) is 11.8 Å². The van der Waals surface area contributed by atoms with Gasteiger partial charge in [-0.25, -0.2) is 9.78 Å². The van der Waals surface area contributed by atoms with Gasteiger partial charge >= 0.3 is 5.97 Å². The molecule has 1 unspecified atom stereocenters. The summed E-state index contributed by atoms with van der Waals surface area (Å²) in [5.41, 5.74) is 9.45. The van der Waals surface area contributed by atoms with E-state index >= 15 is 0 Å². The normalized spacial score (nSPS) is 17.0. The van der Waals surface area contributed by atoms with Crippen LogP contribution in [-0.4, -0.2) is 26.8 Å². The third-order valence-electron chi connectivity index (χ3n) is 4.76. The molecule has 0 bridgehead atoms. The van der Waals surface area contributed by atoms with Gasteiger partial charge in [-0.1, -0.05) is 68.1 Å². The van der Waals surface area contributed by atoms with E-state index in [9.17, 15) is 9.90 Å². The van der Waals surface area contributed by atoms with Crippen LogP contribution in [0, 0.1) is 0 Å². The summed E-state index contributed by atoms with van der Waals surface area (Å²) in [6, 6.07) is 9.83. The molecular weight excluding hydrogens is 394 g/mol. The number of aromatic nitrogens is 2. The fourth-order valence-corrected chi connectivity index (χ4v) is 4.26. The van der Waals surface area contributed by atoms with Gasteiger partial charge in [0, 0.05) is 22.0 Å². The van der Waals surface area contributed by atoms with Gasteiger partial charge in [-0.05, 0) is 24.4 Å². The summed E-state index contributed by atoms with van der Waals surface area (Å²) in [4.78, 5) is 21.0. The zero-order valence-corrected chi connectivity index (χ0v) is 17.7. The number of hydrogen-bond donors (Lipinski definition) is 3. The first-order valence-electron chi connectivity index (χ1n) is 9.73. The van der Waals surface area contributed by atoms with E-state index in [4.69, 9.17) is 10.7 Å². The number of nitrogens with zero attached hydrogens (tertiary/aromatic N) is 1. The first-order valence-corrected chi connectivity index (χ1v) is 10.7. The van der Waals surface area contributed by atoms with Gasteiger partial charge in [0.15, 0.2) is 0 Å². The number of nitrogens with two attached hydrogens (primary N) is 1. The van der Waals surface area contributed by atoms with E-state index in [2.05, 4.69) is 11.6 Å². The van der Waals surface area contributed by atoms with Crippen molar-refractivity contribution in [3.8, 4) is 11.4 Å². The van der Waals surface area contributed by atoms with E-state index in [1.54, 1.807) is 23.9 Å². The Hall–Kier alpha value is -3.25. The number of imidazole rings is 1. The Morgan fingerprint density at radius 1 is 1.40 bits per heavy atom. The summed E-state index contributed by atoms with van der Waals surface area (Å²) in [5, 5.41) is 9.75. The van der Waals surface area contributed by atoms with Gasteiger partial charge < -0.3 is 15.8 Å². The lowest BCUT2D eigenvalue weighted by Gasteiger charge is -2.20. The number of H-pyrrole nitrogens is 1. The molecule has 2 aromatic rings. The Kier molecular flexibility index (Phi) is 7.14. The van der Waals surface area contributed by atoms with Crippen molar-refractivity contribution in [3.63, 3.8) is 0 Å². The summed E-state index contributed by atoms with van der Waals surface area (Å²) in [6.07, 6.45) is 11.1. The molecule has 1 aliphatic rings. The van der Waals surface area contributed by atoms with Crippen LogP contribution in [0.5, 0.6) is 0 Å². The van der Waals surface area contributed by atoms with Crippen molar-refractivity contribution in [2.45, 2.75) is 19.3 Å². The highest BCUT2D eigenvalue weighted by molar-refractivity contribution is 8.03. The van der Waals surface area contributed by atoms with Gasteiger partial charge in [0.25, 0.3) is 0 Å². The Bertz CT molecular complexity index is 1050. The minimum atomic E-state index is -0.881. The fraction of sp³-hybridized carbons (Fsp3) is 0.167. The predicted octanol–water partition coefficient (Wildman–Crippen LogP) is 5.25. The molecule has 1 aliphatic carbocycles. The van der Waals surface area contributed by atoms with Gasteiger partial charge in [0.2, 0.25) is 0 Å². The Labute approximate surface area is 180 Å². The zero-order valence-electron chi connectivity index (χ0n) is 16.8. The summed E-state index contributed by atoms with van der Waals surface area (Å²) >= 11 is 1.55. The number of thioether (sulfide) groups is 1. The smallest absolute Gasteiger partial charge is 0.332 e. The summed E-state index contributed by atoms with van der Waals surface area (Å²) in [7, 11) is 0. The van der Waals surface area contributed by atoms with Crippen LogP contribution in [0.2, 0.25) is 0 Å². The lowest BCUT2D eigenvalue weighted by atomic mass is 9.89. The number of rotatable bonds is 8. The van der Waals surface area contributed by atoms with Crippen molar-refractivity contribution in [2.75, 3.05) is 5.75 Å². The second kappa shape index (κ2) is 9.98. The van der Waals surface area contributed by atoms with Crippen LogP contribution in [0.3, 0.4) is 0 Å². The number of aliphatic carboxylic acids is 1. The second-order valence-electron chi connectivity index (χ2n) is 6.68. The Balaban J connectivity index is 2.10.